The van der Waals surface area contributed by atoms with Crippen LogP contribution in [0.1, 0.15) is 37.5 Å². The third kappa shape index (κ3) is 2.92. The molecule has 0 aliphatic heterocycles. The van der Waals surface area contributed by atoms with Gasteiger partial charge in [0.2, 0.25) is 0 Å². The third-order valence-electron chi connectivity index (χ3n) is 3.15. The summed E-state index contributed by atoms with van der Waals surface area (Å²) < 4.78 is 7.15. The van der Waals surface area contributed by atoms with Crippen molar-refractivity contribution in [2.45, 2.75) is 20.5 Å². The first-order valence-electron chi connectivity index (χ1n) is 6.75. The van der Waals surface area contributed by atoms with E-state index in [9.17, 15) is 9.59 Å². The molecule has 0 aromatic carbocycles. The van der Waals surface area contributed by atoms with Crippen molar-refractivity contribution in [1.29, 1.82) is 0 Å². The molecular formula is C16H14N2O3S. The van der Waals surface area contributed by atoms with Gasteiger partial charge in [-0.2, -0.15) is 0 Å². The van der Waals surface area contributed by atoms with Gasteiger partial charge in [0, 0.05) is 12.4 Å². The zero-order chi connectivity index (χ0) is 15.7. The summed E-state index contributed by atoms with van der Waals surface area (Å²) in [5, 5.41) is 0. The minimum atomic E-state index is -0.439. The van der Waals surface area contributed by atoms with Crippen LogP contribution in [0.25, 0.3) is 5.65 Å². The lowest BCUT2D eigenvalue weighted by Crippen LogP contribution is -2.03. The number of hydrogen-bond acceptors (Lipinski definition) is 5. The molecule has 3 aromatic heterocycles. The lowest BCUT2D eigenvalue weighted by molar-refractivity contribution is 0.0474. The van der Waals surface area contributed by atoms with Gasteiger partial charge in [-0.05, 0) is 37.6 Å². The Bertz CT molecular complexity index is 863. The lowest BCUT2D eigenvalue weighted by Gasteiger charge is -1.99. The normalized spacial score (nSPS) is 10.8. The summed E-state index contributed by atoms with van der Waals surface area (Å²) in [6, 6.07) is 7.14. The Morgan fingerprint density at radius 3 is 2.68 bits per heavy atom. The van der Waals surface area contributed by atoms with Gasteiger partial charge in [-0.3, -0.25) is 4.79 Å². The Labute approximate surface area is 131 Å². The molecule has 0 atom stereocenters. The van der Waals surface area contributed by atoms with Crippen LogP contribution in [0.5, 0.6) is 0 Å². The number of aryl methyl sites for hydroxylation is 1. The van der Waals surface area contributed by atoms with Crippen molar-refractivity contribution in [2.24, 2.45) is 0 Å². The summed E-state index contributed by atoms with van der Waals surface area (Å²) in [6.45, 7) is 3.58. The van der Waals surface area contributed by atoms with E-state index in [2.05, 4.69) is 4.98 Å². The number of ketones is 1. The fourth-order valence-electron chi connectivity index (χ4n) is 2.07. The molecule has 0 amide bonds. The van der Waals surface area contributed by atoms with Gasteiger partial charge in [0.25, 0.3) is 0 Å². The average molecular weight is 314 g/mol. The highest BCUT2D eigenvalue weighted by Crippen LogP contribution is 2.18. The molecule has 6 heteroatoms. The minimum absolute atomic E-state index is 0.0558. The van der Waals surface area contributed by atoms with Gasteiger partial charge in [-0.1, -0.05) is 6.07 Å². The largest absolute Gasteiger partial charge is 0.455 e. The summed E-state index contributed by atoms with van der Waals surface area (Å²) in [5.74, 6) is -0.495. The number of fused-ring (bicyclic) bond motifs is 1. The Morgan fingerprint density at radius 2 is 1.95 bits per heavy atom. The molecule has 0 fully saturated rings. The van der Waals surface area contributed by atoms with Gasteiger partial charge in [0.15, 0.2) is 5.78 Å². The van der Waals surface area contributed by atoms with E-state index in [0.29, 0.717) is 15.4 Å². The molecule has 0 bridgehead atoms. The second-order valence-corrected chi connectivity index (χ2v) is 6.08. The summed E-state index contributed by atoms with van der Waals surface area (Å²) in [7, 11) is 0. The number of rotatable bonds is 4. The SMILES string of the molecule is CC(=O)c1ccc(C(=O)OCc2cn3cc(C)ccc3n2)s1. The maximum atomic E-state index is 12.0. The first kappa shape index (κ1) is 14.5. The van der Waals surface area contributed by atoms with Crippen LogP contribution in [0.4, 0.5) is 0 Å². The van der Waals surface area contributed by atoms with E-state index < -0.39 is 5.97 Å². The van der Waals surface area contributed by atoms with Crippen LogP contribution in [-0.2, 0) is 11.3 Å². The van der Waals surface area contributed by atoms with Crippen molar-refractivity contribution in [1.82, 2.24) is 9.38 Å². The number of imidazole rings is 1. The molecule has 0 spiro atoms. The maximum absolute atomic E-state index is 12.0. The molecule has 3 aromatic rings. The van der Waals surface area contributed by atoms with Crippen LogP contribution in [0.15, 0.2) is 36.7 Å². The number of esters is 1. The van der Waals surface area contributed by atoms with E-state index in [1.165, 1.54) is 6.92 Å². The summed E-state index contributed by atoms with van der Waals surface area (Å²) >= 11 is 1.14. The number of nitrogens with zero attached hydrogens (tertiary/aromatic N) is 2. The number of hydrogen-bond donors (Lipinski definition) is 0. The summed E-state index contributed by atoms with van der Waals surface area (Å²) in [6.07, 6.45) is 3.80. The third-order valence-corrected chi connectivity index (χ3v) is 4.32. The predicted octanol–water partition coefficient (Wildman–Crippen LogP) is 3.26. The molecular weight excluding hydrogens is 300 g/mol. The highest BCUT2D eigenvalue weighted by molar-refractivity contribution is 7.15. The Hall–Kier alpha value is -2.47. The van der Waals surface area contributed by atoms with Crippen molar-refractivity contribution in [3.05, 3.63) is 57.7 Å². The monoisotopic (exact) mass is 314 g/mol. The van der Waals surface area contributed by atoms with Crippen LogP contribution in [0, 0.1) is 6.92 Å². The molecule has 0 saturated carbocycles. The Morgan fingerprint density at radius 1 is 1.18 bits per heavy atom. The average Bonchev–Trinajstić information content (AvgIpc) is 3.10. The quantitative estimate of drug-likeness (QED) is 0.548. The van der Waals surface area contributed by atoms with E-state index in [1.54, 1.807) is 12.1 Å². The zero-order valence-corrected chi connectivity index (χ0v) is 13.0. The number of pyridine rings is 1. The molecule has 0 aliphatic carbocycles. The van der Waals surface area contributed by atoms with Crippen LogP contribution in [0.3, 0.4) is 0 Å². The number of thiophene rings is 1. The summed E-state index contributed by atoms with van der Waals surface area (Å²) in [4.78, 5) is 28.6. The predicted molar refractivity (Wildman–Crippen MR) is 83.4 cm³/mol. The van der Waals surface area contributed by atoms with Gasteiger partial charge in [0.05, 0.1) is 10.6 Å². The second-order valence-electron chi connectivity index (χ2n) is 5.00. The Kier molecular flexibility index (Phi) is 3.77. The molecule has 22 heavy (non-hydrogen) atoms. The topological polar surface area (TPSA) is 60.7 Å². The number of Topliss-reactive ketones (excluding diaryl/α,β-unsaturated/α-hetero) is 1. The molecule has 3 rings (SSSR count). The smallest absolute Gasteiger partial charge is 0.348 e. The van der Waals surface area contributed by atoms with Crippen molar-refractivity contribution in [2.75, 3.05) is 0 Å². The van der Waals surface area contributed by atoms with Crippen molar-refractivity contribution in [3.8, 4) is 0 Å². The van der Waals surface area contributed by atoms with E-state index in [4.69, 9.17) is 4.74 Å². The van der Waals surface area contributed by atoms with Crippen molar-refractivity contribution >= 4 is 28.7 Å². The van der Waals surface area contributed by atoms with Crippen molar-refractivity contribution < 1.29 is 14.3 Å². The number of carbonyl (C=O) groups is 2. The molecule has 5 nitrogen and oxygen atoms in total. The molecule has 0 radical (unpaired) electrons. The second kappa shape index (κ2) is 5.73. The molecule has 0 aliphatic rings. The minimum Gasteiger partial charge on any atom is -0.455 e. The van der Waals surface area contributed by atoms with Crippen LogP contribution in [-0.4, -0.2) is 21.1 Å². The first-order chi connectivity index (χ1) is 10.5. The van der Waals surface area contributed by atoms with Gasteiger partial charge in [-0.15, -0.1) is 11.3 Å². The standard InChI is InChI=1S/C16H14N2O3S/c1-10-3-6-15-17-12(8-18(15)7-10)9-21-16(20)14-5-4-13(22-14)11(2)19/h3-8H,9H2,1-2H3. The van der Waals surface area contributed by atoms with Crippen LogP contribution >= 0.6 is 11.3 Å². The van der Waals surface area contributed by atoms with E-state index in [0.717, 1.165) is 22.5 Å². The Balaban J connectivity index is 1.70. The fourth-order valence-corrected chi connectivity index (χ4v) is 2.87. The maximum Gasteiger partial charge on any atom is 0.348 e. The van der Waals surface area contributed by atoms with Gasteiger partial charge >= 0.3 is 5.97 Å². The van der Waals surface area contributed by atoms with Gasteiger partial charge in [-0.25, -0.2) is 9.78 Å². The summed E-state index contributed by atoms with van der Waals surface area (Å²) in [5.41, 5.74) is 2.62. The number of carbonyl (C=O) groups excluding carboxylic acids is 2. The lowest BCUT2D eigenvalue weighted by atomic mass is 10.3. The highest BCUT2D eigenvalue weighted by Gasteiger charge is 2.13. The molecule has 0 N–H and O–H groups in total. The molecule has 0 unspecified atom stereocenters. The fraction of sp³-hybridized carbons (Fsp3) is 0.188. The van der Waals surface area contributed by atoms with Crippen LogP contribution in [0.2, 0.25) is 0 Å². The van der Waals surface area contributed by atoms with E-state index in [1.807, 2.05) is 35.9 Å². The molecule has 3 heterocycles. The molecule has 112 valence electrons. The van der Waals surface area contributed by atoms with E-state index in [-0.39, 0.29) is 12.4 Å². The van der Waals surface area contributed by atoms with Crippen LogP contribution < -0.4 is 0 Å². The van der Waals surface area contributed by atoms with Crippen molar-refractivity contribution in [3.63, 3.8) is 0 Å². The highest BCUT2D eigenvalue weighted by atomic mass is 32.1. The number of ether oxygens (including phenoxy) is 1. The number of aromatic nitrogens is 2. The molecule has 0 saturated heterocycles. The zero-order valence-electron chi connectivity index (χ0n) is 12.2. The van der Waals surface area contributed by atoms with E-state index >= 15 is 0 Å². The first-order valence-corrected chi connectivity index (χ1v) is 7.57. The van der Waals surface area contributed by atoms with Gasteiger partial charge in [0.1, 0.15) is 17.1 Å². The van der Waals surface area contributed by atoms with Gasteiger partial charge < -0.3 is 9.14 Å².